The Bertz CT molecular complexity index is 728. The first-order valence-electron chi connectivity index (χ1n) is 11.0. The van der Waals surface area contributed by atoms with Crippen molar-refractivity contribution in [2.75, 3.05) is 51.7 Å². The zero-order chi connectivity index (χ0) is 21.7. The van der Waals surface area contributed by atoms with Gasteiger partial charge in [-0.25, -0.2) is 0 Å². The Balaban J connectivity index is 1.52. The molecule has 2 saturated heterocycles. The van der Waals surface area contributed by atoms with Crippen molar-refractivity contribution in [1.82, 2.24) is 15.1 Å². The summed E-state index contributed by atoms with van der Waals surface area (Å²) in [5.74, 6) is 0.0673. The first-order chi connectivity index (χ1) is 14.3. The van der Waals surface area contributed by atoms with Gasteiger partial charge in [0, 0.05) is 71.0 Å². The summed E-state index contributed by atoms with van der Waals surface area (Å²) in [6.07, 6.45) is 3.95. The van der Waals surface area contributed by atoms with Crippen molar-refractivity contribution in [1.29, 1.82) is 0 Å². The van der Waals surface area contributed by atoms with Crippen LogP contribution < -0.4 is 10.2 Å². The minimum Gasteiger partial charge on any atom is -0.388 e. The van der Waals surface area contributed by atoms with Crippen LogP contribution >= 0.6 is 0 Å². The molecule has 0 unspecified atom stereocenters. The number of β-amino-alcohol motifs (C(OH)–C–C–N with tert-alkyl or cyclic N) is 1. The first-order valence-corrected chi connectivity index (χ1v) is 11.0. The number of nitrogens with zero attached hydrogens (tertiary/aromatic N) is 3. The van der Waals surface area contributed by atoms with Crippen LogP contribution in [-0.2, 0) is 4.79 Å². The third-order valence-electron chi connectivity index (χ3n) is 6.35. The number of anilines is 1. The average molecular weight is 417 g/mol. The smallest absolute Gasteiger partial charge is 0.253 e. The summed E-state index contributed by atoms with van der Waals surface area (Å²) in [6, 6.07) is 7.94. The van der Waals surface area contributed by atoms with Gasteiger partial charge in [-0.2, -0.15) is 0 Å². The third kappa shape index (κ3) is 5.95. The molecular weight excluding hydrogens is 380 g/mol. The van der Waals surface area contributed by atoms with Crippen LogP contribution in [0.15, 0.2) is 24.3 Å². The number of amides is 2. The summed E-state index contributed by atoms with van der Waals surface area (Å²) >= 11 is 0. The fourth-order valence-corrected chi connectivity index (χ4v) is 4.56. The summed E-state index contributed by atoms with van der Waals surface area (Å²) in [6.45, 7) is 5.22. The highest BCUT2D eigenvalue weighted by molar-refractivity contribution is 5.94. The highest BCUT2D eigenvalue weighted by Crippen LogP contribution is 2.26. The van der Waals surface area contributed by atoms with E-state index in [1.807, 2.05) is 48.2 Å². The van der Waals surface area contributed by atoms with E-state index < -0.39 is 5.60 Å². The number of aliphatic hydroxyl groups is 1. The summed E-state index contributed by atoms with van der Waals surface area (Å²) < 4.78 is 0. The number of benzene rings is 1. The van der Waals surface area contributed by atoms with Crippen molar-refractivity contribution in [3.8, 4) is 0 Å². The van der Waals surface area contributed by atoms with Gasteiger partial charge >= 0.3 is 0 Å². The lowest BCUT2D eigenvalue weighted by Gasteiger charge is -2.38. The Morgan fingerprint density at radius 2 is 1.77 bits per heavy atom. The van der Waals surface area contributed by atoms with E-state index in [4.69, 9.17) is 0 Å². The summed E-state index contributed by atoms with van der Waals surface area (Å²) in [5.41, 5.74) is 1.01. The van der Waals surface area contributed by atoms with Crippen molar-refractivity contribution in [3.63, 3.8) is 0 Å². The first kappa shape index (κ1) is 22.6. The minimum absolute atomic E-state index is 0.0250. The molecule has 0 saturated carbocycles. The lowest BCUT2D eigenvalue weighted by atomic mass is 9.93. The van der Waals surface area contributed by atoms with Crippen molar-refractivity contribution >= 4 is 17.5 Å². The van der Waals surface area contributed by atoms with Crippen LogP contribution in [0, 0.1) is 0 Å². The molecule has 2 amide bonds. The minimum atomic E-state index is -0.759. The van der Waals surface area contributed by atoms with E-state index in [0.29, 0.717) is 38.0 Å². The zero-order valence-electron chi connectivity index (χ0n) is 18.6. The number of piperidine rings is 1. The molecule has 2 aliphatic heterocycles. The van der Waals surface area contributed by atoms with E-state index in [1.54, 1.807) is 6.92 Å². The molecule has 0 bridgehead atoms. The van der Waals surface area contributed by atoms with Crippen molar-refractivity contribution < 1.29 is 14.7 Å². The molecule has 1 aromatic carbocycles. The fourth-order valence-electron chi connectivity index (χ4n) is 4.56. The van der Waals surface area contributed by atoms with Crippen molar-refractivity contribution in [3.05, 3.63) is 29.8 Å². The molecule has 2 heterocycles. The molecule has 0 radical (unpaired) electrons. The normalized spacial score (nSPS) is 23.7. The molecule has 3 rings (SSSR count). The molecule has 0 aliphatic carbocycles. The van der Waals surface area contributed by atoms with Crippen LogP contribution in [0.4, 0.5) is 5.69 Å². The number of rotatable bonds is 5. The second kappa shape index (κ2) is 9.79. The van der Waals surface area contributed by atoms with Crippen LogP contribution in [0.25, 0.3) is 0 Å². The molecule has 2 fully saturated rings. The van der Waals surface area contributed by atoms with Gasteiger partial charge in [-0.3, -0.25) is 9.59 Å². The Morgan fingerprint density at radius 1 is 1.10 bits per heavy atom. The van der Waals surface area contributed by atoms with Crippen LogP contribution in [0.2, 0.25) is 0 Å². The van der Waals surface area contributed by atoms with Gasteiger partial charge in [0.15, 0.2) is 0 Å². The summed E-state index contributed by atoms with van der Waals surface area (Å²) in [7, 11) is 3.96. The molecule has 166 valence electrons. The van der Waals surface area contributed by atoms with E-state index in [0.717, 1.165) is 38.0 Å². The topological polar surface area (TPSA) is 76.1 Å². The molecule has 0 spiro atoms. The molecule has 30 heavy (non-hydrogen) atoms. The van der Waals surface area contributed by atoms with Gasteiger partial charge in [-0.1, -0.05) is 0 Å². The molecule has 1 atom stereocenters. The van der Waals surface area contributed by atoms with Crippen LogP contribution in [0.3, 0.4) is 0 Å². The van der Waals surface area contributed by atoms with E-state index in [-0.39, 0.29) is 17.9 Å². The summed E-state index contributed by atoms with van der Waals surface area (Å²) in [4.78, 5) is 30.4. The standard InChI is InChI=1S/C23H36N4O3/c1-18(28)24-20-9-14-26(15-10-20)17-23(30)11-4-13-27(16-12-23)22(29)19-5-7-21(8-6-19)25(2)3/h5-8,20,30H,4,9-17H2,1-3H3,(H,24,28)/t23-/m1/s1. The molecule has 0 aromatic heterocycles. The van der Waals surface area contributed by atoms with Crippen LogP contribution in [0.1, 0.15) is 49.4 Å². The Labute approximate surface area is 180 Å². The molecule has 7 nitrogen and oxygen atoms in total. The number of nitrogens with one attached hydrogen (secondary N) is 1. The maximum atomic E-state index is 12.9. The molecule has 2 aliphatic rings. The number of carbonyl (C=O) groups excluding carboxylic acids is 2. The molecule has 2 N–H and O–H groups in total. The Kier molecular flexibility index (Phi) is 7.36. The van der Waals surface area contributed by atoms with Gasteiger partial charge in [0.2, 0.25) is 5.91 Å². The maximum absolute atomic E-state index is 12.9. The highest BCUT2D eigenvalue weighted by atomic mass is 16.3. The van der Waals surface area contributed by atoms with E-state index in [9.17, 15) is 14.7 Å². The largest absolute Gasteiger partial charge is 0.388 e. The van der Waals surface area contributed by atoms with Crippen molar-refractivity contribution in [2.24, 2.45) is 0 Å². The molecule has 7 heteroatoms. The lowest BCUT2D eigenvalue weighted by molar-refractivity contribution is -0.120. The van der Waals surface area contributed by atoms with Crippen molar-refractivity contribution in [2.45, 2.75) is 50.7 Å². The van der Waals surface area contributed by atoms with Gasteiger partial charge < -0.3 is 25.1 Å². The quantitative estimate of drug-likeness (QED) is 0.764. The Morgan fingerprint density at radius 3 is 2.37 bits per heavy atom. The number of hydrogen-bond donors (Lipinski definition) is 2. The highest BCUT2D eigenvalue weighted by Gasteiger charge is 2.34. The van der Waals surface area contributed by atoms with Crippen LogP contribution in [-0.4, -0.2) is 85.2 Å². The lowest BCUT2D eigenvalue weighted by Crippen LogP contribution is -2.50. The van der Waals surface area contributed by atoms with E-state index in [2.05, 4.69) is 10.2 Å². The van der Waals surface area contributed by atoms with Gasteiger partial charge in [0.05, 0.1) is 5.60 Å². The zero-order valence-corrected chi connectivity index (χ0v) is 18.6. The predicted molar refractivity (Wildman–Crippen MR) is 119 cm³/mol. The van der Waals surface area contributed by atoms with E-state index >= 15 is 0 Å². The monoisotopic (exact) mass is 416 g/mol. The number of carbonyl (C=O) groups is 2. The maximum Gasteiger partial charge on any atom is 0.253 e. The number of likely N-dealkylation sites (tertiary alicyclic amines) is 2. The van der Waals surface area contributed by atoms with Gasteiger partial charge in [-0.05, 0) is 56.4 Å². The van der Waals surface area contributed by atoms with Gasteiger partial charge in [-0.15, -0.1) is 0 Å². The number of hydrogen-bond acceptors (Lipinski definition) is 5. The average Bonchev–Trinajstić information content (AvgIpc) is 2.90. The van der Waals surface area contributed by atoms with Crippen LogP contribution in [0.5, 0.6) is 0 Å². The predicted octanol–water partition coefficient (Wildman–Crippen LogP) is 1.71. The Hall–Kier alpha value is -2.12. The van der Waals surface area contributed by atoms with Gasteiger partial charge in [0.1, 0.15) is 0 Å². The second-order valence-electron chi connectivity index (χ2n) is 9.06. The fraction of sp³-hybridized carbons (Fsp3) is 0.652. The second-order valence-corrected chi connectivity index (χ2v) is 9.06. The summed E-state index contributed by atoms with van der Waals surface area (Å²) in [5, 5.41) is 14.2. The molecular formula is C23H36N4O3. The molecule has 1 aromatic rings. The van der Waals surface area contributed by atoms with Gasteiger partial charge in [0.25, 0.3) is 5.91 Å². The third-order valence-corrected chi connectivity index (χ3v) is 6.35. The van der Waals surface area contributed by atoms with E-state index in [1.165, 1.54) is 0 Å². The SMILES string of the molecule is CC(=O)NC1CCN(C[C@@]2(O)CCCN(C(=O)c3ccc(N(C)C)cc3)CC2)CC1.